The Bertz CT molecular complexity index is 168. The van der Waals surface area contributed by atoms with Gasteiger partial charge in [0.15, 0.2) is 0 Å². The SMILES string of the molecule is OC1CCCC(O)C1.OC1CCCCC1O. The summed E-state index contributed by atoms with van der Waals surface area (Å²) in [5.41, 5.74) is 0. The lowest BCUT2D eigenvalue weighted by Gasteiger charge is -2.22. The highest BCUT2D eigenvalue weighted by Gasteiger charge is 2.19. The average molecular weight is 232 g/mol. The molecule has 16 heavy (non-hydrogen) atoms. The molecule has 0 bridgehead atoms. The van der Waals surface area contributed by atoms with Gasteiger partial charge in [-0.25, -0.2) is 0 Å². The molecule has 4 unspecified atom stereocenters. The molecule has 0 amide bonds. The fraction of sp³-hybridized carbons (Fsp3) is 1.00. The highest BCUT2D eigenvalue weighted by molar-refractivity contribution is 4.72. The predicted octanol–water partition coefficient (Wildman–Crippen LogP) is 0.564. The molecule has 0 aliphatic heterocycles. The third kappa shape index (κ3) is 5.25. The molecule has 0 heterocycles. The van der Waals surface area contributed by atoms with E-state index in [1.165, 1.54) is 0 Å². The molecular weight excluding hydrogens is 208 g/mol. The molecule has 2 aliphatic carbocycles. The summed E-state index contributed by atoms with van der Waals surface area (Å²) in [6, 6.07) is 0. The van der Waals surface area contributed by atoms with E-state index in [0.717, 1.165) is 44.9 Å². The van der Waals surface area contributed by atoms with Crippen LogP contribution in [0, 0.1) is 0 Å². The molecule has 2 saturated carbocycles. The quantitative estimate of drug-likeness (QED) is 0.492. The number of aliphatic hydroxyl groups excluding tert-OH is 4. The van der Waals surface area contributed by atoms with Gasteiger partial charge in [0.1, 0.15) is 0 Å². The van der Waals surface area contributed by atoms with Gasteiger partial charge in [-0.1, -0.05) is 12.8 Å². The van der Waals surface area contributed by atoms with Crippen molar-refractivity contribution in [2.45, 2.75) is 75.8 Å². The lowest BCUT2D eigenvalue weighted by molar-refractivity contribution is -0.00865. The average Bonchev–Trinajstić information content (AvgIpc) is 2.23. The molecule has 2 rings (SSSR count). The number of hydrogen-bond donors (Lipinski definition) is 4. The monoisotopic (exact) mass is 232 g/mol. The second-order valence-electron chi connectivity index (χ2n) is 4.89. The van der Waals surface area contributed by atoms with Crippen molar-refractivity contribution in [3.63, 3.8) is 0 Å². The van der Waals surface area contributed by atoms with Crippen LogP contribution < -0.4 is 0 Å². The highest BCUT2D eigenvalue weighted by atomic mass is 16.3. The summed E-state index contributed by atoms with van der Waals surface area (Å²) in [7, 11) is 0. The molecule has 96 valence electrons. The van der Waals surface area contributed by atoms with Gasteiger partial charge in [-0.3, -0.25) is 0 Å². The number of aliphatic hydroxyl groups is 4. The second kappa shape index (κ2) is 7.22. The Kier molecular flexibility index (Phi) is 6.28. The van der Waals surface area contributed by atoms with E-state index in [4.69, 9.17) is 20.4 Å². The van der Waals surface area contributed by atoms with Gasteiger partial charge in [0.25, 0.3) is 0 Å². The first-order valence-electron chi connectivity index (χ1n) is 6.32. The highest BCUT2D eigenvalue weighted by Crippen LogP contribution is 2.18. The van der Waals surface area contributed by atoms with Crippen LogP contribution in [-0.4, -0.2) is 44.8 Å². The summed E-state index contributed by atoms with van der Waals surface area (Å²) < 4.78 is 0. The maximum Gasteiger partial charge on any atom is 0.0799 e. The first-order valence-corrected chi connectivity index (χ1v) is 6.32. The third-order valence-electron chi connectivity index (χ3n) is 3.31. The summed E-state index contributed by atoms with van der Waals surface area (Å²) in [5.74, 6) is 0. The van der Waals surface area contributed by atoms with Crippen molar-refractivity contribution in [2.24, 2.45) is 0 Å². The molecule has 0 aromatic rings. The van der Waals surface area contributed by atoms with E-state index < -0.39 is 12.2 Å². The van der Waals surface area contributed by atoms with Gasteiger partial charge in [-0.2, -0.15) is 0 Å². The normalized spacial score (nSPS) is 39.8. The lowest BCUT2D eigenvalue weighted by Crippen LogP contribution is -2.28. The Hall–Kier alpha value is -0.160. The van der Waals surface area contributed by atoms with E-state index in [2.05, 4.69) is 0 Å². The van der Waals surface area contributed by atoms with Crippen LogP contribution in [0.3, 0.4) is 0 Å². The molecular formula is C12H24O4. The maximum atomic E-state index is 8.93. The van der Waals surface area contributed by atoms with Crippen LogP contribution >= 0.6 is 0 Å². The summed E-state index contributed by atoms with van der Waals surface area (Å²) >= 11 is 0. The third-order valence-corrected chi connectivity index (χ3v) is 3.31. The molecule has 2 fully saturated rings. The van der Waals surface area contributed by atoms with Gasteiger partial charge in [-0.05, 0) is 38.5 Å². The van der Waals surface area contributed by atoms with Crippen LogP contribution in [-0.2, 0) is 0 Å². The summed E-state index contributed by atoms with van der Waals surface area (Å²) in [5, 5.41) is 35.7. The summed E-state index contributed by atoms with van der Waals surface area (Å²) in [6.45, 7) is 0. The van der Waals surface area contributed by atoms with Gasteiger partial charge in [0.05, 0.1) is 24.4 Å². The van der Waals surface area contributed by atoms with E-state index in [0.29, 0.717) is 6.42 Å². The Morgan fingerprint density at radius 1 is 0.562 bits per heavy atom. The standard InChI is InChI=1S/2C6H12O2/c7-5-2-1-3-6(8)4-5;7-5-3-1-2-4-6(5)8/h2*5-8H,1-4H2. The topological polar surface area (TPSA) is 80.9 Å². The van der Waals surface area contributed by atoms with Crippen LogP contribution in [0.4, 0.5) is 0 Å². The number of hydrogen-bond acceptors (Lipinski definition) is 4. The van der Waals surface area contributed by atoms with Crippen molar-refractivity contribution < 1.29 is 20.4 Å². The molecule has 4 nitrogen and oxygen atoms in total. The van der Waals surface area contributed by atoms with Crippen LogP contribution in [0.1, 0.15) is 51.4 Å². The predicted molar refractivity (Wildman–Crippen MR) is 61.0 cm³/mol. The lowest BCUT2D eigenvalue weighted by atomic mass is 9.95. The Morgan fingerprint density at radius 2 is 1.00 bits per heavy atom. The fourth-order valence-corrected chi connectivity index (χ4v) is 2.23. The van der Waals surface area contributed by atoms with Crippen LogP contribution in [0.2, 0.25) is 0 Å². The van der Waals surface area contributed by atoms with Gasteiger partial charge in [0.2, 0.25) is 0 Å². The molecule has 0 spiro atoms. The molecule has 2 aliphatic rings. The maximum absolute atomic E-state index is 8.93. The van der Waals surface area contributed by atoms with Gasteiger partial charge < -0.3 is 20.4 Å². The summed E-state index contributed by atoms with van der Waals surface area (Å²) in [4.78, 5) is 0. The molecule has 0 radical (unpaired) electrons. The van der Waals surface area contributed by atoms with Crippen molar-refractivity contribution in [2.75, 3.05) is 0 Å². The Balaban J connectivity index is 0.000000160. The Morgan fingerprint density at radius 3 is 1.25 bits per heavy atom. The Labute approximate surface area is 96.9 Å². The minimum atomic E-state index is -0.441. The van der Waals surface area contributed by atoms with Crippen molar-refractivity contribution in [1.29, 1.82) is 0 Å². The second-order valence-corrected chi connectivity index (χ2v) is 4.89. The van der Waals surface area contributed by atoms with E-state index in [-0.39, 0.29) is 12.2 Å². The van der Waals surface area contributed by atoms with E-state index in [1.807, 2.05) is 0 Å². The van der Waals surface area contributed by atoms with E-state index in [9.17, 15) is 0 Å². The molecule has 0 aromatic heterocycles. The molecule has 0 aromatic carbocycles. The summed E-state index contributed by atoms with van der Waals surface area (Å²) in [6.07, 6.45) is 5.64. The van der Waals surface area contributed by atoms with Crippen molar-refractivity contribution >= 4 is 0 Å². The van der Waals surface area contributed by atoms with Crippen molar-refractivity contribution in [3.8, 4) is 0 Å². The van der Waals surface area contributed by atoms with Gasteiger partial charge >= 0.3 is 0 Å². The zero-order valence-electron chi connectivity index (χ0n) is 9.76. The van der Waals surface area contributed by atoms with E-state index >= 15 is 0 Å². The largest absolute Gasteiger partial charge is 0.393 e. The van der Waals surface area contributed by atoms with Crippen LogP contribution in [0.25, 0.3) is 0 Å². The number of rotatable bonds is 0. The van der Waals surface area contributed by atoms with Gasteiger partial charge in [-0.15, -0.1) is 0 Å². The zero-order valence-corrected chi connectivity index (χ0v) is 9.76. The van der Waals surface area contributed by atoms with Crippen LogP contribution in [0.5, 0.6) is 0 Å². The molecule has 4 heteroatoms. The van der Waals surface area contributed by atoms with Crippen molar-refractivity contribution in [3.05, 3.63) is 0 Å². The first kappa shape index (κ1) is 13.9. The van der Waals surface area contributed by atoms with Crippen molar-refractivity contribution in [1.82, 2.24) is 0 Å². The smallest absolute Gasteiger partial charge is 0.0799 e. The zero-order chi connectivity index (χ0) is 12.0. The molecule has 4 atom stereocenters. The van der Waals surface area contributed by atoms with Crippen LogP contribution in [0.15, 0.2) is 0 Å². The minimum absolute atomic E-state index is 0.237. The van der Waals surface area contributed by atoms with Gasteiger partial charge in [0, 0.05) is 0 Å². The molecule has 4 N–H and O–H groups in total. The van der Waals surface area contributed by atoms with E-state index in [1.54, 1.807) is 0 Å². The fourth-order valence-electron chi connectivity index (χ4n) is 2.23. The first-order chi connectivity index (χ1) is 7.59. The minimum Gasteiger partial charge on any atom is -0.393 e. The molecule has 0 saturated heterocycles.